The van der Waals surface area contributed by atoms with Crippen LogP contribution in [0.3, 0.4) is 0 Å². The highest BCUT2D eigenvalue weighted by atomic mass is 79.9. The molecule has 1 N–H and O–H groups in total. The third-order valence-electron chi connectivity index (χ3n) is 4.17. The number of para-hydroxylation sites is 1. The fourth-order valence-electron chi connectivity index (χ4n) is 2.70. The van der Waals surface area contributed by atoms with Crippen molar-refractivity contribution >= 4 is 56.3 Å². The Hall–Kier alpha value is -2.15. The van der Waals surface area contributed by atoms with Gasteiger partial charge < -0.3 is 10.1 Å². The average Bonchev–Trinajstić information content (AvgIpc) is 2.72. The van der Waals surface area contributed by atoms with E-state index in [9.17, 15) is 13.6 Å². The van der Waals surface area contributed by atoms with Gasteiger partial charge in [0.05, 0.1) is 16.7 Å². The minimum Gasteiger partial charge on any atom is -0.494 e. The molecule has 0 aliphatic carbocycles. The molecule has 3 aromatic rings. The van der Waals surface area contributed by atoms with Gasteiger partial charge in [-0.25, -0.2) is 8.78 Å². The maximum Gasteiger partial charge on any atom is 0.196 e. The first-order chi connectivity index (χ1) is 14.4. The summed E-state index contributed by atoms with van der Waals surface area (Å²) < 4.78 is 33.3. The molecule has 0 saturated carbocycles. The average molecular weight is 515 g/mol. The largest absolute Gasteiger partial charge is 0.494 e. The van der Waals surface area contributed by atoms with Gasteiger partial charge in [0.25, 0.3) is 0 Å². The zero-order chi connectivity index (χ0) is 21.7. The molecule has 0 fully saturated rings. The number of nitrogens with one attached hydrogen (secondary N) is 1. The van der Waals surface area contributed by atoms with E-state index in [2.05, 4.69) is 21.2 Å². The Kier molecular flexibility index (Phi) is 7.69. The second-order valence-corrected chi connectivity index (χ2v) is 7.89. The molecule has 0 saturated heterocycles. The number of carbonyl (C=O) groups excluding carboxylic acids is 1. The summed E-state index contributed by atoms with van der Waals surface area (Å²) >= 11 is 15.8. The molecule has 156 valence electrons. The lowest BCUT2D eigenvalue weighted by Gasteiger charge is -2.12. The molecular formula is C22H16BrCl2F2NO2. The minimum absolute atomic E-state index is 0.114. The third kappa shape index (κ3) is 5.31. The van der Waals surface area contributed by atoms with Crippen LogP contribution in [-0.4, -0.2) is 17.7 Å². The van der Waals surface area contributed by atoms with E-state index in [0.717, 1.165) is 23.9 Å². The molecular weight excluding hydrogens is 499 g/mol. The Bertz CT molecular complexity index is 1060. The van der Waals surface area contributed by atoms with Gasteiger partial charge in [0.2, 0.25) is 0 Å². The normalized spacial score (nSPS) is 10.7. The van der Waals surface area contributed by atoms with E-state index in [-0.39, 0.29) is 32.6 Å². The summed E-state index contributed by atoms with van der Waals surface area (Å²) in [5, 5.41) is 3.82. The number of ether oxygens (including phenoxy) is 1. The van der Waals surface area contributed by atoms with Crippen LogP contribution in [0.25, 0.3) is 0 Å². The quantitative estimate of drug-likeness (QED) is 0.193. The number of hydrogen-bond acceptors (Lipinski definition) is 3. The van der Waals surface area contributed by atoms with Gasteiger partial charge in [0, 0.05) is 22.1 Å². The van der Waals surface area contributed by atoms with Crippen LogP contribution in [0.5, 0.6) is 5.75 Å². The zero-order valence-electron chi connectivity index (χ0n) is 15.5. The van der Waals surface area contributed by atoms with Gasteiger partial charge in [0.1, 0.15) is 23.1 Å². The summed E-state index contributed by atoms with van der Waals surface area (Å²) in [6, 6.07) is 12.8. The topological polar surface area (TPSA) is 38.3 Å². The Labute approximate surface area is 191 Å². The maximum absolute atomic E-state index is 13.8. The lowest BCUT2D eigenvalue weighted by Crippen LogP contribution is -2.05. The first kappa shape index (κ1) is 22.5. The molecule has 30 heavy (non-hydrogen) atoms. The fraction of sp³-hybridized carbons (Fsp3) is 0.136. The van der Waals surface area contributed by atoms with Crippen molar-refractivity contribution < 1.29 is 18.3 Å². The molecule has 8 heteroatoms. The van der Waals surface area contributed by atoms with Crippen LogP contribution in [-0.2, 0) is 0 Å². The molecule has 0 bridgehead atoms. The van der Waals surface area contributed by atoms with E-state index in [4.69, 9.17) is 27.9 Å². The maximum atomic E-state index is 13.8. The summed E-state index contributed by atoms with van der Waals surface area (Å²) in [6.07, 6.45) is 0.814. The molecule has 0 aliphatic rings. The van der Waals surface area contributed by atoms with Gasteiger partial charge in [-0.1, -0.05) is 45.2 Å². The van der Waals surface area contributed by atoms with Gasteiger partial charge in [0.15, 0.2) is 5.78 Å². The van der Waals surface area contributed by atoms with Crippen LogP contribution in [0.2, 0.25) is 10.0 Å². The van der Waals surface area contributed by atoms with Crippen LogP contribution in [0, 0.1) is 11.6 Å². The third-order valence-corrected chi connectivity index (χ3v) is 5.38. The molecule has 0 aliphatic heterocycles. The van der Waals surface area contributed by atoms with Gasteiger partial charge >= 0.3 is 0 Å². The highest BCUT2D eigenvalue weighted by Crippen LogP contribution is 2.30. The number of hydrogen-bond donors (Lipinski definition) is 1. The fourth-order valence-corrected chi connectivity index (χ4v) is 3.40. The molecule has 0 amide bonds. The Morgan fingerprint density at radius 1 is 0.967 bits per heavy atom. The molecule has 0 radical (unpaired) electrons. The second-order valence-electron chi connectivity index (χ2n) is 6.28. The van der Waals surface area contributed by atoms with Crippen molar-refractivity contribution in [3.05, 3.63) is 87.4 Å². The van der Waals surface area contributed by atoms with Crippen molar-refractivity contribution in [3.8, 4) is 5.75 Å². The van der Waals surface area contributed by atoms with E-state index >= 15 is 0 Å². The van der Waals surface area contributed by atoms with Crippen LogP contribution < -0.4 is 10.1 Å². The van der Waals surface area contributed by atoms with E-state index in [1.807, 2.05) is 0 Å². The van der Waals surface area contributed by atoms with E-state index in [0.29, 0.717) is 18.0 Å². The number of alkyl halides is 1. The smallest absolute Gasteiger partial charge is 0.196 e. The molecule has 3 aromatic carbocycles. The minimum atomic E-state index is -0.741. The summed E-state index contributed by atoms with van der Waals surface area (Å²) in [5.41, 5.74) is 0.481. The standard InChI is InChI=1S/C22H16BrCl2F2NO2/c23-9-2-10-30-14-6-8-17(24)16(12-14)22(29)15-7-5-13(11-18(15)25)28-21-19(26)3-1-4-20(21)27/h1,3-8,11-12,28H,2,9-10H2. The first-order valence-corrected chi connectivity index (χ1v) is 10.8. The molecule has 0 atom stereocenters. The molecule has 0 aromatic heterocycles. The molecule has 3 rings (SSSR count). The van der Waals surface area contributed by atoms with Gasteiger partial charge in [-0.2, -0.15) is 0 Å². The van der Waals surface area contributed by atoms with Crippen LogP contribution >= 0.6 is 39.1 Å². The van der Waals surface area contributed by atoms with Crippen LogP contribution in [0.15, 0.2) is 54.6 Å². The highest BCUT2D eigenvalue weighted by molar-refractivity contribution is 9.09. The molecule has 0 unspecified atom stereocenters. The van der Waals surface area contributed by atoms with Crippen molar-refractivity contribution in [2.24, 2.45) is 0 Å². The lowest BCUT2D eigenvalue weighted by molar-refractivity contribution is 0.103. The lowest BCUT2D eigenvalue weighted by atomic mass is 10.0. The first-order valence-electron chi connectivity index (χ1n) is 8.94. The van der Waals surface area contributed by atoms with Crippen molar-refractivity contribution in [2.75, 3.05) is 17.3 Å². The van der Waals surface area contributed by atoms with E-state index in [1.54, 1.807) is 18.2 Å². The molecule has 3 nitrogen and oxygen atoms in total. The highest BCUT2D eigenvalue weighted by Gasteiger charge is 2.18. The molecule has 0 spiro atoms. The number of anilines is 2. The van der Waals surface area contributed by atoms with Crippen LogP contribution in [0.1, 0.15) is 22.3 Å². The number of rotatable bonds is 8. The Morgan fingerprint density at radius 2 is 1.70 bits per heavy atom. The van der Waals surface area contributed by atoms with Crippen molar-refractivity contribution in [2.45, 2.75) is 6.42 Å². The van der Waals surface area contributed by atoms with Gasteiger partial charge in [-0.15, -0.1) is 0 Å². The monoisotopic (exact) mass is 513 g/mol. The van der Waals surface area contributed by atoms with Gasteiger partial charge in [-0.3, -0.25) is 4.79 Å². The van der Waals surface area contributed by atoms with Crippen LogP contribution in [0.4, 0.5) is 20.2 Å². The predicted octanol–water partition coefficient (Wildman–Crippen LogP) is 7.41. The SMILES string of the molecule is O=C(c1ccc(Nc2c(F)cccc2F)cc1Cl)c1cc(OCCCBr)ccc1Cl. The summed E-state index contributed by atoms with van der Waals surface area (Å²) in [4.78, 5) is 13.0. The number of benzene rings is 3. The number of halogens is 5. The van der Waals surface area contributed by atoms with E-state index < -0.39 is 11.6 Å². The van der Waals surface area contributed by atoms with E-state index in [1.165, 1.54) is 24.3 Å². The summed E-state index contributed by atoms with van der Waals surface area (Å²) in [5.74, 6) is -1.35. The molecule has 0 heterocycles. The van der Waals surface area contributed by atoms with Crippen molar-refractivity contribution in [1.82, 2.24) is 0 Å². The summed E-state index contributed by atoms with van der Waals surface area (Å²) in [6.45, 7) is 0.494. The Balaban J connectivity index is 1.84. The van der Waals surface area contributed by atoms with Crippen molar-refractivity contribution in [3.63, 3.8) is 0 Å². The predicted molar refractivity (Wildman–Crippen MR) is 120 cm³/mol. The second kappa shape index (κ2) is 10.2. The Morgan fingerprint density at radius 3 is 2.37 bits per heavy atom. The van der Waals surface area contributed by atoms with Gasteiger partial charge in [-0.05, 0) is 55.0 Å². The number of ketones is 1. The van der Waals surface area contributed by atoms with Crippen molar-refractivity contribution in [1.29, 1.82) is 0 Å². The summed E-state index contributed by atoms with van der Waals surface area (Å²) in [7, 11) is 0. The number of carbonyl (C=O) groups is 1. The zero-order valence-corrected chi connectivity index (χ0v) is 18.6.